The van der Waals surface area contributed by atoms with E-state index in [0.29, 0.717) is 17.3 Å². The van der Waals surface area contributed by atoms with Gasteiger partial charge in [-0.1, -0.05) is 149 Å². The number of benzene rings is 12. The van der Waals surface area contributed by atoms with Gasteiger partial charge >= 0.3 is 42.9 Å². The highest BCUT2D eigenvalue weighted by Crippen LogP contribution is 2.42. The fraction of sp³-hybridized carbons (Fsp3) is 0.264. The number of ether oxygens (including phenoxy) is 12. The van der Waals surface area contributed by atoms with Crippen molar-refractivity contribution in [2.75, 3.05) is 111 Å². The zero-order valence-electron chi connectivity index (χ0n) is 79.6. The molecule has 0 aromatic heterocycles. The number of hydrogen-bond acceptors (Lipinski definition) is 24. The van der Waals surface area contributed by atoms with Crippen LogP contribution >= 0.6 is 40.7 Å². The van der Waals surface area contributed by atoms with Crippen molar-refractivity contribution >= 4 is 89.1 Å². The maximum atomic E-state index is 9.10. The average Bonchev–Trinajstić information content (AvgIpc) is 0.802. The number of rotatable bonds is 24. The van der Waals surface area contributed by atoms with E-state index >= 15 is 0 Å². The van der Waals surface area contributed by atoms with E-state index in [1.807, 2.05) is 36.4 Å². The van der Waals surface area contributed by atoms with Gasteiger partial charge in [-0.3, -0.25) is 0 Å². The number of aliphatic carboxylic acids is 6. The first kappa shape index (κ1) is 113. The number of carboxylic acids is 6. The van der Waals surface area contributed by atoms with Gasteiger partial charge in [0.15, 0.2) is 46.0 Å². The minimum atomic E-state index is -1.82. The summed E-state index contributed by atoms with van der Waals surface area (Å²) in [6.07, 6.45) is 7.79. The second-order valence-corrected chi connectivity index (χ2v) is 32.3. The Bertz CT molecular complexity index is 5560. The molecule has 4 atom stereocenters. The molecular formula is C106H118BBrCl2N4O26. The Labute approximate surface area is 834 Å². The van der Waals surface area contributed by atoms with Crippen LogP contribution < -0.4 is 83.6 Å². The molecule has 34 heteroatoms. The molecule has 4 aliphatic rings. The topological polar surface area (TPSA) is 423 Å². The van der Waals surface area contributed by atoms with Crippen molar-refractivity contribution in [1.29, 1.82) is 0 Å². The summed E-state index contributed by atoms with van der Waals surface area (Å²) in [6, 6.07) is 84.1. The molecule has 0 fully saturated rings. The van der Waals surface area contributed by atoms with Gasteiger partial charge in [-0.2, -0.15) is 0 Å². The van der Waals surface area contributed by atoms with Crippen molar-refractivity contribution in [3.8, 4) is 102 Å². The number of methoxy groups -OCH3 is 12. The first-order chi connectivity index (χ1) is 66.5. The Morgan fingerprint density at radius 2 is 0.479 bits per heavy atom. The zero-order valence-corrected chi connectivity index (χ0v) is 82.8. The normalized spacial score (nSPS) is 14.0. The molecule has 12 aromatic rings. The van der Waals surface area contributed by atoms with Gasteiger partial charge in [0.2, 0.25) is 0 Å². The summed E-state index contributed by atoms with van der Waals surface area (Å²) in [5, 5.41) is 76.4. The fourth-order valence-corrected chi connectivity index (χ4v) is 16.1. The number of hydrogen-bond donors (Lipinski definition) is 12. The van der Waals surface area contributed by atoms with E-state index in [2.05, 4.69) is 219 Å². The van der Waals surface area contributed by atoms with E-state index in [4.69, 9.17) is 126 Å². The van der Waals surface area contributed by atoms with Crippen molar-refractivity contribution in [2.24, 2.45) is 0 Å². The van der Waals surface area contributed by atoms with Crippen LogP contribution in [0.15, 0.2) is 247 Å². The van der Waals surface area contributed by atoms with Crippen LogP contribution in [0.1, 0.15) is 90.9 Å². The molecule has 4 unspecified atom stereocenters. The molecule has 742 valence electrons. The molecule has 12 aromatic carbocycles. The average molecular weight is 2030 g/mol. The van der Waals surface area contributed by atoms with Crippen molar-refractivity contribution in [1.82, 2.24) is 21.3 Å². The van der Waals surface area contributed by atoms with Crippen molar-refractivity contribution in [3.05, 3.63) is 314 Å². The number of halogens is 3. The molecule has 16 rings (SSSR count). The van der Waals surface area contributed by atoms with Crippen molar-refractivity contribution in [3.63, 3.8) is 0 Å². The molecule has 4 heterocycles. The lowest BCUT2D eigenvalue weighted by Crippen LogP contribution is -2.31. The predicted octanol–water partition coefficient (Wildman–Crippen LogP) is 16.0. The van der Waals surface area contributed by atoms with Crippen LogP contribution in [0.5, 0.6) is 69.0 Å². The third-order valence-electron chi connectivity index (χ3n) is 22.9. The maximum Gasteiger partial charge on any atom is 0.488 e. The molecular weight excluding hydrogens is 1910 g/mol. The van der Waals surface area contributed by atoms with Crippen LogP contribution in [-0.2, 0) is 80.1 Å². The third kappa shape index (κ3) is 33.1. The smallest absolute Gasteiger partial charge is 0.488 e. The van der Waals surface area contributed by atoms with Crippen LogP contribution in [-0.4, -0.2) is 195 Å². The summed E-state index contributed by atoms with van der Waals surface area (Å²) < 4.78 is 65.9. The van der Waals surface area contributed by atoms with Gasteiger partial charge in [0.05, 0.1) is 85.3 Å². The van der Waals surface area contributed by atoms with E-state index < -0.39 is 42.9 Å². The van der Waals surface area contributed by atoms with Crippen LogP contribution in [0.25, 0.3) is 33.4 Å². The predicted molar refractivity (Wildman–Crippen MR) is 543 cm³/mol. The second kappa shape index (κ2) is 57.4. The van der Waals surface area contributed by atoms with E-state index in [0.717, 1.165) is 162 Å². The number of fused-ring (bicyclic) bond motifs is 4. The van der Waals surface area contributed by atoms with Crippen LogP contribution in [0.2, 0.25) is 0 Å². The standard InChI is InChI=1S/3C25H27NO3.C18H20BrNO2.C7H9BO3.3C2H2O4.2ClH/c3*1-27-21-6-4-5-19(14-21)18-9-7-17(8-10-18)13-23-22-16-25(29-3)24(28-2)15-20(22)11-12-26-23;1-21-17-10-13-7-8-20-16(15(13)11-18(17)22-2)9-12-3-5-14(19)6-4-12;1-11-7-4-2-3-6(5-7)8(9)10;3*3-1(4)2(5)6;;/h3*4-10,14-16,23,26H,11-13H2,1-3H3;3-6,10-11,16,20H,7-9H2,1-2H3;2-5,9-10H,1H3;3*(H,3,4)(H,5,6);2*1H. The monoisotopic (exact) mass is 2020 g/mol. The lowest BCUT2D eigenvalue weighted by Gasteiger charge is -2.28. The van der Waals surface area contributed by atoms with Crippen LogP contribution in [0.4, 0.5) is 0 Å². The van der Waals surface area contributed by atoms with Gasteiger partial charge in [-0.15, -0.1) is 24.8 Å². The van der Waals surface area contributed by atoms with Gasteiger partial charge in [-0.25, -0.2) is 28.8 Å². The fourth-order valence-electron chi connectivity index (χ4n) is 15.9. The molecule has 0 saturated heterocycles. The molecule has 0 radical (unpaired) electrons. The minimum Gasteiger partial charge on any atom is -0.497 e. The third-order valence-corrected chi connectivity index (χ3v) is 23.4. The molecule has 30 nitrogen and oxygen atoms in total. The van der Waals surface area contributed by atoms with Gasteiger partial charge in [-0.05, 0) is 292 Å². The molecule has 0 aliphatic carbocycles. The highest BCUT2D eigenvalue weighted by Gasteiger charge is 2.29. The minimum absolute atomic E-state index is 0. The second-order valence-electron chi connectivity index (χ2n) is 31.4. The van der Waals surface area contributed by atoms with Crippen LogP contribution in [0.3, 0.4) is 0 Å². The number of carbonyl (C=O) groups is 6. The maximum absolute atomic E-state index is 9.10. The highest BCUT2D eigenvalue weighted by molar-refractivity contribution is 9.10. The molecule has 140 heavy (non-hydrogen) atoms. The lowest BCUT2D eigenvalue weighted by atomic mass is 9.80. The van der Waals surface area contributed by atoms with Crippen molar-refractivity contribution in [2.45, 2.75) is 75.5 Å². The van der Waals surface area contributed by atoms with Gasteiger partial charge in [0, 0.05) is 28.6 Å². The summed E-state index contributed by atoms with van der Waals surface area (Å²) in [5.74, 6) is -1.34. The molecule has 0 saturated carbocycles. The quantitative estimate of drug-likeness (QED) is 0.0197. The molecule has 12 N–H and O–H groups in total. The molecule has 0 spiro atoms. The van der Waals surface area contributed by atoms with E-state index in [9.17, 15) is 0 Å². The van der Waals surface area contributed by atoms with Crippen molar-refractivity contribution < 1.29 is 126 Å². The Hall–Kier alpha value is -14.1. The van der Waals surface area contributed by atoms with E-state index in [-0.39, 0.29) is 42.9 Å². The SMILES string of the molecule is COc1cc2c(cc1OC)C(Cc1ccc(Br)cc1)NCC2.COc1cccc(-c2ccc(CC3NCCc4cc(OC)c(OC)cc43)cc2)c1.COc1cccc(-c2ccc(CC3NCCc4cc(OC)c(OC)cc43)cc2)c1.COc1cccc(-c2ccc(CC3NCCc4cc(OC)c(OC)cc43)cc2)c1.COc1cccc(B(O)O)c1.Cl.Cl.O=C(O)C(=O)O.O=C(O)C(=O)O.O=C(O)C(=O)O. The summed E-state index contributed by atoms with van der Waals surface area (Å²) in [6.45, 7) is 3.89. The number of carboxylic acid groups (broad SMARTS) is 6. The van der Waals surface area contributed by atoms with Gasteiger partial charge < -0.3 is 119 Å². The largest absolute Gasteiger partial charge is 0.497 e. The Morgan fingerprint density at radius 3 is 0.686 bits per heavy atom. The number of nitrogens with one attached hydrogen (secondary N) is 4. The molecule has 0 amide bonds. The van der Waals surface area contributed by atoms with E-state index in [1.165, 1.54) is 90.6 Å². The van der Waals surface area contributed by atoms with Crippen LogP contribution in [0, 0.1) is 0 Å². The summed E-state index contributed by atoms with van der Waals surface area (Å²) in [5.41, 5.74) is 23.3. The Balaban J connectivity index is 0.000000231. The molecule has 4 aliphatic heterocycles. The lowest BCUT2D eigenvalue weighted by molar-refractivity contribution is -0.159. The summed E-state index contributed by atoms with van der Waals surface area (Å²) >= 11 is 3.49. The summed E-state index contributed by atoms with van der Waals surface area (Å²) in [7, 11) is 18.7. The molecule has 0 bridgehead atoms. The first-order valence-electron chi connectivity index (χ1n) is 43.8. The van der Waals surface area contributed by atoms with E-state index in [1.54, 1.807) is 102 Å². The first-order valence-corrected chi connectivity index (χ1v) is 44.6. The Morgan fingerprint density at radius 1 is 0.271 bits per heavy atom. The highest BCUT2D eigenvalue weighted by atomic mass is 79.9. The van der Waals surface area contributed by atoms with Gasteiger partial charge in [0.25, 0.3) is 0 Å². The Kier molecular flexibility index (Phi) is 46.3. The van der Waals surface area contributed by atoms with Gasteiger partial charge in [0.1, 0.15) is 23.0 Å². The summed E-state index contributed by atoms with van der Waals surface area (Å²) in [4.78, 5) is 54.6. The zero-order chi connectivity index (χ0) is 99.9.